The van der Waals surface area contributed by atoms with E-state index < -0.39 is 0 Å². The Labute approximate surface area is 168 Å². The highest BCUT2D eigenvalue weighted by Gasteiger charge is 2.27. The van der Waals surface area contributed by atoms with Gasteiger partial charge in [0.2, 0.25) is 0 Å². The zero-order chi connectivity index (χ0) is 19.6. The molecule has 0 aliphatic carbocycles. The first kappa shape index (κ1) is 17.4. The average molecular weight is 388 g/mol. The van der Waals surface area contributed by atoms with Crippen LogP contribution in [0, 0.1) is 0 Å². The lowest BCUT2D eigenvalue weighted by molar-refractivity contribution is 0.262. The minimum Gasteiger partial charge on any atom is -0.493 e. The molecule has 2 aliphatic heterocycles. The fourth-order valence-electron chi connectivity index (χ4n) is 3.66. The van der Waals surface area contributed by atoms with Gasteiger partial charge in [-0.05, 0) is 30.3 Å². The van der Waals surface area contributed by atoms with Crippen LogP contribution in [0.5, 0.6) is 23.0 Å². The van der Waals surface area contributed by atoms with Gasteiger partial charge in [0.05, 0.1) is 24.6 Å². The molecule has 29 heavy (non-hydrogen) atoms. The van der Waals surface area contributed by atoms with E-state index in [2.05, 4.69) is 10.6 Å². The van der Waals surface area contributed by atoms with Crippen LogP contribution in [0.2, 0.25) is 0 Å². The number of hydrogen-bond acceptors (Lipinski definition) is 4. The molecule has 0 fully saturated rings. The lowest BCUT2D eigenvalue weighted by atomic mass is 10.0. The van der Waals surface area contributed by atoms with Crippen LogP contribution in [0.4, 0.5) is 16.2 Å². The van der Waals surface area contributed by atoms with Crippen LogP contribution in [0.25, 0.3) is 0 Å². The molecule has 0 saturated carbocycles. The summed E-state index contributed by atoms with van der Waals surface area (Å²) in [5, 5.41) is 5.86. The molecule has 2 N–H and O–H groups in total. The second kappa shape index (κ2) is 7.39. The van der Waals surface area contributed by atoms with Crippen LogP contribution < -0.4 is 24.8 Å². The topological polar surface area (TPSA) is 68.8 Å². The smallest absolute Gasteiger partial charge is 0.323 e. The number of amides is 2. The molecular weight excluding hydrogens is 368 g/mol. The van der Waals surface area contributed by atoms with E-state index in [4.69, 9.17) is 14.2 Å². The zero-order valence-corrected chi connectivity index (χ0v) is 15.7. The highest BCUT2D eigenvalue weighted by atomic mass is 16.5. The van der Waals surface area contributed by atoms with E-state index in [1.165, 1.54) is 0 Å². The van der Waals surface area contributed by atoms with Crippen molar-refractivity contribution in [1.29, 1.82) is 0 Å². The van der Waals surface area contributed by atoms with Crippen molar-refractivity contribution in [1.82, 2.24) is 0 Å². The van der Waals surface area contributed by atoms with Crippen molar-refractivity contribution in [2.75, 3.05) is 23.8 Å². The summed E-state index contributed by atoms with van der Waals surface area (Å²) in [5.74, 6) is 2.85. The molecule has 5 rings (SSSR count). The number of carbonyl (C=O) groups is 1. The highest BCUT2D eigenvalue weighted by Crippen LogP contribution is 2.44. The van der Waals surface area contributed by atoms with Gasteiger partial charge in [0.15, 0.2) is 5.75 Å². The molecule has 0 saturated heterocycles. The molecule has 0 radical (unpaired) electrons. The van der Waals surface area contributed by atoms with Crippen molar-refractivity contribution >= 4 is 17.4 Å². The van der Waals surface area contributed by atoms with Gasteiger partial charge in [0, 0.05) is 24.0 Å². The lowest BCUT2D eigenvalue weighted by Gasteiger charge is -2.16. The van der Waals surface area contributed by atoms with E-state index in [0.717, 1.165) is 35.5 Å². The summed E-state index contributed by atoms with van der Waals surface area (Å²) >= 11 is 0. The minimum absolute atomic E-state index is 0.355. The fourth-order valence-corrected chi connectivity index (χ4v) is 3.66. The van der Waals surface area contributed by atoms with E-state index in [0.29, 0.717) is 36.1 Å². The molecule has 0 bridgehead atoms. The second-order valence-corrected chi connectivity index (χ2v) is 6.90. The Hall–Kier alpha value is -3.67. The Morgan fingerprint density at radius 3 is 2.59 bits per heavy atom. The van der Waals surface area contributed by atoms with Crippen molar-refractivity contribution < 1.29 is 19.0 Å². The summed E-state index contributed by atoms with van der Waals surface area (Å²) in [6.07, 6.45) is 1.56. The molecule has 0 aromatic heterocycles. The number of benzene rings is 3. The van der Waals surface area contributed by atoms with E-state index in [9.17, 15) is 4.79 Å². The first-order valence-electron chi connectivity index (χ1n) is 9.62. The summed E-state index contributed by atoms with van der Waals surface area (Å²) in [6, 6.07) is 18.5. The third-order valence-electron chi connectivity index (χ3n) is 5.00. The lowest BCUT2D eigenvalue weighted by Crippen LogP contribution is -2.21. The van der Waals surface area contributed by atoms with Gasteiger partial charge >= 0.3 is 6.03 Å². The zero-order valence-electron chi connectivity index (χ0n) is 15.7. The first-order chi connectivity index (χ1) is 14.3. The standard InChI is InChI=1S/C23H20N2O4/c26-23(24-18-8-4-5-9-19(18)29-16-6-2-1-3-7-16)25-21-17-11-13-27-20(17)14-15-10-12-28-22(15)21/h1-9,14H,10-13H2,(H2,24,25,26). The first-order valence-corrected chi connectivity index (χ1v) is 9.62. The van der Waals surface area contributed by atoms with Gasteiger partial charge in [-0.15, -0.1) is 0 Å². The molecule has 146 valence electrons. The van der Waals surface area contributed by atoms with E-state index in [1.807, 2.05) is 54.6 Å². The Balaban J connectivity index is 1.38. The Kier molecular flexibility index (Phi) is 4.44. The second-order valence-electron chi connectivity index (χ2n) is 6.90. The predicted molar refractivity (Wildman–Crippen MR) is 110 cm³/mol. The summed E-state index contributed by atoms with van der Waals surface area (Å²) in [5.41, 5.74) is 3.32. The van der Waals surface area contributed by atoms with Gasteiger partial charge in [-0.1, -0.05) is 30.3 Å². The van der Waals surface area contributed by atoms with Crippen molar-refractivity contribution in [3.63, 3.8) is 0 Å². The van der Waals surface area contributed by atoms with Crippen LogP contribution in [0.1, 0.15) is 11.1 Å². The molecule has 2 aliphatic rings. The van der Waals surface area contributed by atoms with Gasteiger partial charge in [0.1, 0.15) is 17.2 Å². The van der Waals surface area contributed by atoms with Gasteiger partial charge in [0.25, 0.3) is 0 Å². The number of nitrogens with one attached hydrogen (secondary N) is 2. The SMILES string of the molecule is O=C(Nc1ccccc1Oc1ccccc1)Nc1c2c(cc3c1OCC3)OCC2. The Morgan fingerprint density at radius 2 is 1.69 bits per heavy atom. The molecule has 0 unspecified atom stereocenters. The van der Waals surface area contributed by atoms with Crippen molar-refractivity contribution in [2.24, 2.45) is 0 Å². The van der Waals surface area contributed by atoms with Crippen LogP contribution >= 0.6 is 0 Å². The largest absolute Gasteiger partial charge is 0.493 e. The molecule has 6 nitrogen and oxygen atoms in total. The summed E-state index contributed by atoms with van der Waals surface area (Å²) < 4.78 is 17.4. The number of fused-ring (bicyclic) bond motifs is 2. The monoisotopic (exact) mass is 388 g/mol. The van der Waals surface area contributed by atoms with Crippen LogP contribution in [0.15, 0.2) is 60.7 Å². The van der Waals surface area contributed by atoms with Gasteiger partial charge in [-0.2, -0.15) is 0 Å². The summed E-state index contributed by atoms with van der Waals surface area (Å²) in [7, 11) is 0. The van der Waals surface area contributed by atoms with Gasteiger partial charge < -0.3 is 24.8 Å². The Bertz CT molecular complexity index is 1030. The number of para-hydroxylation sites is 3. The molecule has 0 atom stereocenters. The highest BCUT2D eigenvalue weighted by molar-refractivity contribution is 6.02. The molecular formula is C23H20N2O4. The number of hydrogen-bond donors (Lipinski definition) is 2. The maximum Gasteiger partial charge on any atom is 0.323 e. The third-order valence-corrected chi connectivity index (χ3v) is 5.00. The maximum absolute atomic E-state index is 12.8. The molecule has 3 aromatic carbocycles. The number of ether oxygens (including phenoxy) is 3. The summed E-state index contributed by atoms with van der Waals surface area (Å²) in [6.45, 7) is 1.23. The van der Waals surface area contributed by atoms with Crippen LogP contribution in [-0.4, -0.2) is 19.2 Å². The van der Waals surface area contributed by atoms with Crippen molar-refractivity contribution in [3.8, 4) is 23.0 Å². The molecule has 3 aromatic rings. The van der Waals surface area contributed by atoms with Crippen LogP contribution in [-0.2, 0) is 12.8 Å². The summed E-state index contributed by atoms with van der Waals surface area (Å²) in [4.78, 5) is 12.8. The van der Waals surface area contributed by atoms with Crippen molar-refractivity contribution in [2.45, 2.75) is 12.8 Å². The van der Waals surface area contributed by atoms with Crippen molar-refractivity contribution in [3.05, 3.63) is 71.8 Å². The Morgan fingerprint density at radius 1 is 0.897 bits per heavy atom. The van der Waals surface area contributed by atoms with E-state index in [1.54, 1.807) is 6.07 Å². The van der Waals surface area contributed by atoms with E-state index >= 15 is 0 Å². The number of carbonyl (C=O) groups excluding carboxylic acids is 1. The fraction of sp³-hybridized carbons (Fsp3) is 0.174. The van der Waals surface area contributed by atoms with Gasteiger partial charge in [-0.25, -0.2) is 4.79 Å². The normalized spacial score (nSPS) is 13.7. The van der Waals surface area contributed by atoms with Crippen LogP contribution in [0.3, 0.4) is 0 Å². The quantitative estimate of drug-likeness (QED) is 0.660. The average Bonchev–Trinajstić information content (AvgIpc) is 3.39. The number of urea groups is 1. The minimum atomic E-state index is -0.355. The molecule has 6 heteroatoms. The molecule has 2 amide bonds. The third kappa shape index (κ3) is 3.45. The van der Waals surface area contributed by atoms with E-state index in [-0.39, 0.29) is 6.03 Å². The molecule has 0 spiro atoms. The predicted octanol–water partition coefficient (Wildman–Crippen LogP) is 4.99. The molecule has 2 heterocycles. The number of anilines is 2. The maximum atomic E-state index is 12.8. The number of rotatable bonds is 4. The van der Waals surface area contributed by atoms with Gasteiger partial charge in [-0.3, -0.25) is 0 Å².